The molecule has 3 amide bonds. The predicted molar refractivity (Wildman–Crippen MR) is 158 cm³/mol. The number of hydrogen-bond donors (Lipinski definition) is 1. The van der Waals surface area contributed by atoms with Gasteiger partial charge in [0.25, 0.3) is 15.9 Å². The number of nitrogens with one attached hydrogen (secondary N) is 1. The molecule has 216 valence electrons. The Kier molecular flexibility index (Phi) is 9.11. The number of nitrogens with zero attached hydrogens (tertiary/aromatic N) is 2. The van der Waals surface area contributed by atoms with E-state index in [2.05, 4.69) is 5.32 Å². The van der Waals surface area contributed by atoms with Gasteiger partial charge in [-0.15, -0.1) is 0 Å². The summed E-state index contributed by atoms with van der Waals surface area (Å²) in [6, 6.07) is 19.1. The summed E-state index contributed by atoms with van der Waals surface area (Å²) in [4.78, 5) is 41.8. The van der Waals surface area contributed by atoms with Crippen molar-refractivity contribution in [2.45, 2.75) is 56.6 Å². The summed E-state index contributed by atoms with van der Waals surface area (Å²) >= 11 is 12.5. The molecule has 8 nitrogen and oxygen atoms in total. The Hall–Kier alpha value is -3.40. The molecule has 1 heterocycles. The van der Waals surface area contributed by atoms with Crippen molar-refractivity contribution in [2.24, 2.45) is 0 Å². The minimum Gasteiger partial charge on any atom is -0.350 e. The van der Waals surface area contributed by atoms with E-state index in [0.717, 1.165) is 5.56 Å². The highest BCUT2D eigenvalue weighted by atomic mass is 35.5. The van der Waals surface area contributed by atoms with Gasteiger partial charge in [0, 0.05) is 41.5 Å². The number of halogens is 2. The van der Waals surface area contributed by atoms with Gasteiger partial charge in [-0.05, 0) is 56.2 Å². The maximum Gasteiger partial charge on any atom is 0.269 e. The molecule has 0 spiro atoms. The van der Waals surface area contributed by atoms with E-state index in [4.69, 9.17) is 23.2 Å². The molecule has 1 aliphatic heterocycles. The van der Waals surface area contributed by atoms with Gasteiger partial charge in [-0.3, -0.25) is 14.4 Å². The predicted octanol–water partition coefficient (Wildman–Crippen LogP) is 5.08. The second kappa shape index (κ2) is 12.2. The third kappa shape index (κ3) is 7.09. The van der Waals surface area contributed by atoms with Crippen LogP contribution in [0.15, 0.2) is 77.7 Å². The Bertz CT molecular complexity index is 1570. The third-order valence-electron chi connectivity index (χ3n) is 6.57. The molecule has 1 N–H and O–H groups in total. The van der Waals surface area contributed by atoms with Crippen molar-refractivity contribution < 1.29 is 22.8 Å². The quantitative estimate of drug-likeness (QED) is 0.361. The molecule has 0 aromatic heterocycles. The summed E-state index contributed by atoms with van der Waals surface area (Å²) in [6.45, 7) is 5.11. The molecule has 3 aromatic carbocycles. The molecule has 0 bridgehead atoms. The summed E-state index contributed by atoms with van der Waals surface area (Å²) in [7, 11) is -4.10. The molecule has 0 aliphatic carbocycles. The average molecular weight is 617 g/mol. The summed E-state index contributed by atoms with van der Waals surface area (Å²) in [5.41, 5.74) is 0.870. The number of benzene rings is 3. The molecule has 1 aliphatic rings. The SMILES string of the molecule is CC(C)(C)NC(=O)[C@H](Cc1ccccc1)N(Cc1ccc(Cl)cc1Cl)C(=O)CCN1C(=O)c2ccccc2S1(=O)=O. The monoisotopic (exact) mass is 615 g/mol. The molecule has 4 rings (SSSR count). The number of sulfonamides is 1. The molecule has 11 heteroatoms. The maximum atomic E-state index is 13.9. The van der Waals surface area contributed by atoms with Crippen LogP contribution < -0.4 is 5.32 Å². The van der Waals surface area contributed by atoms with E-state index >= 15 is 0 Å². The molecular formula is C30H31Cl2N3O5S. The van der Waals surface area contributed by atoms with Crippen LogP contribution in [0.3, 0.4) is 0 Å². The van der Waals surface area contributed by atoms with Gasteiger partial charge < -0.3 is 10.2 Å². The summed E-state index contributed by atoms with van der Waals surface area (Å²) in [6.07, 6.45) is -0.135. The second-order valence-electron chi connectivity index (χ2n) is 10.8. The number of rotatable bonds is 9. The molecule has 0 radical (unpaired) electrons. The number of amides is 3. The van der Waals surface area contributed by atoms with Crippen LogP contribution in [0, 0.1) is 0 Å². The first kappa shape index (κ1) is 30.6. The Morgan fingerprint density at radius 1 is 0.976 bits per heavy atom. The molecule has 3 aromatic rings. The number of carbonyl (C=O) groups excluding carboxylic acids is 3. The van der Waals surface area contributed by atoms with Crippen molar-refractivity contribution in [1.82, 2.24) is 14.5 Å². The first-order valence-electron chi connectivity index (χ1n) is 13.0. The van der Waals surface area contributed by atoms with Gasteiger partial charge in [-0.1, -0.05) is 71.7 Å². The van der Waals surface area contributed by atoms with Crippen molar-refractivity contribution >= 4 is 50.9 Å². The lowest BCUT2D eigenvalue weighted by Crippen LogP contribution is -2.54. The van der Waals surface area contributed by atoms with E-state index in [0.29, 0.717) is 19.9 Å². The van der Waals surface area contributed by atoms with E-state index in [1.54, 1.807) is 24.3 Å². The van der Waals surface area contributed by atoms with Crippen molar-refractivity contribution in [2.75, 3.05) is 6.54 Å². The fourth-order valence-corrected chi connectivity index (χ4v) is 6.67. The van der Waals surface area contributed by atoms with Gasteiger partial charge in [0.2, 0.25) is 11.8 Å². The van der Waals surface area contributed by atoms with Gasteiger partial charge in [0.15, 0.2) is 0 Å². The van der Waals surface area contributed by atoms with Crippen molar-refractivity contribution in [3.63, 3.8) is 0 Å². The molecular weight excluding hydrogens is 585 g/mol. The lowest BCUT2D eigenvalue weighted by Gasteiger charge is -2.34. The van der Waals surface area contributed by atoms with Crippen LogP contribution >= 0.6 is 23.2 Å². The third-order valence-corrected chi connectivity index (χ3v) is 8.99. The summed E-state index contributed by atoms with van der Waals surface area (Å²) in [5, 5.41) is 3.70. The van der Waals surface area contributed by atoms with Crippen LogP contribution in [-0.2, 0) is 32.6 Å². The van der Waals surface area contributed by atoms with E-state index in [1.165, 1.54) is 23.1 Å². The lowest BCUT2D eigenvalue weighted by atomic mass is 10.0. The minimum absolute atomic E-state index is 0.0369. The topological polar surface area (TPSA) is 104 Å². The smallest absolute Gasteiger partial charge is 0.269 e. The Morgan fingerprint density at radius 3 is 2.27 bits per heavy atom. The van der Waals surface area contributed by atoms with Gasteiger partial charge in [-0.25, -0.2) is 12.7 Å². The van der Waals surface area contributed by atoms with Crippen LogP contribution in [0.1, 0.15) is 48.7 Å². The molecule has 0 saturated carbocycles. The van der Waals surface area contributed by atoms with E-state index < -0.39 is 33.4 Å². The van der Waals surface area contributed by atoms with Gasteiger partial charge in [0.1, 0.15) is 10.9 Å². The first-order chi connectivity index (χ1) is 19.3. The molecule has 1 atom stereocenters. The second-order valence-corrected chi connectivity index (χ2v) is 13.5. The number of carbonyl (C=O) groups is 3. The highest BCUT2D eigenvalue weighted by molar-refractivity contribution is 7.90. The average Bonchev–Trinajstić information content (AvgIpc) is 3.10. The van der Waals surface area contributed by atoms with Crippen LogP contribution in [0.2, 0.25) is 10.0 Å². The highest BCUT2D eigenvalue weighted by Crippen LogP contribution is 2.30. The highest BCUT2D eigenvalue weighted by Gasteiger charge is 2.41. The van der Waals surface area contributed by atoms with Crippen LogP contribution in [0.4, 0.5) is 0 Å². The van der Waals surface area contributed by atoms with Crippen LogP contribution in [0.5, 0.6) is 0 Å². The zero-order chi connectivity index (χ0) is 29.9. The minimum atomic E-state index is -4.10. The van der Waals surface area contributed by atoms with Crippen molar-refractivity contribution in [1.29, 1.82) is 0 Å². The summed E-state index contributed by atoms with van der Waals surface area (Å²) in [5.74, 6) is -1.58. The molecule has 41 heavy (non-hydrogen) atoms. The van der Waals surface area contributed by atoms with E-state index in [-0.39, 0.29) is 42.3 Å². The largest absolute Gasteiger partial charge is 0.350 e. The van der Waals surface area contributed by atoms with Crippen LogP contribution in [-0.4, -0.2) is 53.5 Å². The van der Waals surface area contributed by atoms with Gasteiger partial charge in [0.05, 0.1) is 5.56 Å². The fraction of sp³-hybridized carbons (Fsp3) is 0.300. The normalized spacial score (nSPS) is 14.9. The molecule has 0 saturated heterocycles. The zero-order valence-corrected chi connectivity index (χ0v) is 25.3. The Morgan fingerprint density at radius 2 is 1.63 bits per heavy atom. The number of hydrogen-bond acceptors (Lipinski definition) is 5. The maximum absolute atomic E-state index is 13.9. The van der Waals surface area contributed by atoms with Crippen molar-refractivity contribution in [3.8, 4) is 0 Å². The zero-order valence-electron chi connectivity index (χ0n) is 22.9. The summed E-state index contributed by atoms with van der Waals surface area (Å²) < 4.78 is 26.9. The van der Waals surface area contributed by atoms with E-state index in [1.807, 2.05) is 51.1 Å². The van der Waals surface area contributed by atoms with E-state index in [9.17, 15) is 22.8 Å². The fourth-order valence-electron chi connectivity index (χ4n) is 4.63. The van der Waals surface area contributed by atoms with Crippen molar-refractivity contribution in [3.05, 3.63) is 99.5 Å². The molecule has 0 unspecified atom stereocenters. The van der Waals surface area contributed by atoms with Crippen LogP contribution in [0.25, 0.3) is 0 Å². The Labute approximate surface area is 250 Å². The van der Waals surface area contributed by atoms with Gasteiger partial charge in [-0.2, -0.15) is 0 Å². The lowest BCUT2D eigenvalue weighted by molar-refractivity contribution is -0.142. The molecule has 0 fully saturated rings. The number of fused-ring (bicyclic) bond motifs is 1. The van der Waals surface area contributed by atoms with Gasteiger partial charge >= 0.3 is 0 Å². The Balaban J connectivity index is 1.68. The standard InChI is InChI=1S/C30H31Cl2N3O5S/c1-30(2,3)33-28(37)25(17-20-9-5-4-6-10-20)34(19-21-13-14-22(31)18-24(21)32)27(36)15-16-35-29(38)23-11-7-8-12-26(23)41(35,39)40/h4-14,18,25H,15-17,19H2,1-3H3,(H,33,37)/t25-/m0/s1. The first-order valence-corrected chi connectivity index (χ1v) is 15.2.